The first-order valence-corrected chi connectivity index (χ1v) is 7.99. The second-order valence-electron chi connectivity index (χ2n) is 6.67. The monoisotopic (exact) mass is 262 g/mol. The zero-order valence-electron chi connectivity index (χ0n) is 12.0. The molecule has 2 aliphatic carbocycles. The Balaban J connectivity index is 1.61. The van der Waals surface area contributed by atoms with Crippen LogP contribution in [-0.2, 0) is 5.41 Å². The van der Waals surface area contributed by atoms with Crippen molar-refractivity contribution in [2.45, 2.75) is 43.4 Å². The number of hydrogen-bond donors (Lipinski definition) is 0. The van der Waals surface area contributed by atoms with Gasteiger partial charge in [0.05, 0.1) is 0 Å². The van der Waals surface area contributed by atoms with Gasteiger partial charge >= 0.3 is 0 Å². The van der Waals surface area contributed by atoms with Crippen LogP contribution in [0.2, 0.25) is 0 Å². The molecule has 102 valence electrons. The van der Waals surface area contributed by atoms with Crippen molar-refractivity contribution >= 4 is 0 Å². The van der Waals surface area contributed by atoms with E-state index in [1.165, 1.54) is 32.1 Å². The maximum Gasteiger partial charge on any atom is -0.000714 e. The van der Waals surface area contributed by atoms with Gasteiger partial charge in [-0.1, -0.05) is 67.1 Å². The van der Waals surface area contributed by atoms with Crippen molar-refractivity contribution in [1.82, 2.24) is 0 Å². The lowest BCUT2D eigenvalue weighted by atomic mass is 9.48. The fraction of sp³-hybridized carbons (Fsp3) is 0.400. The predicted molar refractivity (Wildman–Crippen MR) is 83.9 cm³/mol. The molecule has 2 aromatic carbocycles. The highest BCUT2D eigenvalue weighted by atomic mass is 14.6. The molecule has 0 aliphatic heterocycles. The Kier molecular flexibility index (Phi) is 2.91. The summed E-state index contributed by atoms with van der Waals surface area (Å²) in [6, 6.07) is 22.4. The Morgan fingerprint density at radius 1 is 0.750 bits per heavy atom. The van der Waals surface area contributed by atoms with E-state index in [4.69, 9.17) is 0 Å². The molecule has 0 saturated heterocycles. The van der Waals surface area contributed by atoms with Gasteiger partial charge in [0.1, 0.15) is 0 Å². The minimum Gasteiger partial charge on any atom is -0.0622 e. The summed E-state index contributed by atoms with van der Waals surface area (Å²) in [5.41, 5.74) is 3.62. The van der Waals surface area contributed by atoms with Crippen molar-refractivity contribution < 1.29 is 0 Å². The van der Waals surface area contributed by atoms with Crippen LogP contribution < -0.4 is 0 Å². The van der Waals surface area contributed by atoms with E-state index in [9.17, 15) is 0 Å². The van der Waals surface area contributed by atoms with E-state index in [2.05, 4.69) is 60.7 Å². The summed E-state index contributed by atoms with van der Waals surface area (Å²) in [6.07, 6.45) is 7.03. The van der Waals surface area contributed by atoms with Gasteiger partial charge in [0, 0.05) is 0 Å². The van der Waals surface area contributed by atoms with Gasteiger partial charge in [0.25, 0.3) is 0 Å². The smallest absolute Gasteiger partial charge is 0.000714 e. The van der Waals surface area contributed by atoms with Crippen LogP contribution >= 0.6 is 0 Å². The first kappa shape index (κ1) is 12.2. The molecule has 20 heavy (non-hydrogen) atoms. The van der Waals surface area contributed by atoms with Gasteiger partial charge in [0.2, 0.25) is 0 Å². The molecular formula is C20H22. The third-order valence-electron chi connectivity index (χ3n) is 5.73. The van der Waals surface area contributed by atoms with Gasteiger partial charge in [0.15, 0.2) is 0 Å². The summed E-state index contributed by atoms with van der Waals surface area (Å²) in [5, 5.41) is 0. The highest BCUT2D eigenvalue weighted by Gasteiger charge is 2.52. The van der Waals surface area contributed by atoms with Crippen LogP contribution in [0.5, 0.6) is 0 Å². The van der Waals surface area contributed by atoms with Crippen LogP contribution in [0, 0.1) is 5.92 Å². The minimum absolute atomic E-state index is 0.486. The molecule has 2 aliphatic rings. The minimum atomic E-state index is 0.486. The van der Waals surface area contributed by atoms with Crippen LogP contribution in [0.15, 0.2) is 60.7 Å². The first-order valence-electron chi connectivity index (χ1n) is 7.99. The quantitative estimate of drug-likeness (QED) is 0.704. The highest BCUT2D eigenvalue weighted by Crippen LogP contribution is 2.60. The number of rotatable bonds is 3. The molecule has 2 saturated carbocycles. The highest BCUT2D eigenvalue weighted by molar-refractivity contribution is 5.36. The average molecular weight is 262 g/mol. The zero-order valence-corrected chi connectivity index (χ0v) is 12.0. The topological polar surface area (TPSA) is 0 Å². The molecule has 0 aromatic heterocycles. The van der Waals surface area contributed by atoms with E-state index in [1.54, 1.807) is 11.1 Å². The Bertz CT molecular complexity index is 560. The van der Waals surface area contributed by atoms with Crippen molar-refractivity contribution in [3.63, 3.8) is 0 Å². The average Bonchev–Trinajstić information content (AvgIpc) is 2.42. The van der Waals surface area contributed by atoms with Gasteiger partial charge in [-0.15, -0.1) is 0 Å². The molecule has 0 N–H and O–H groups in total. The van der Waals surface area contributed by atoms with Gasteiger partial charge in [-0.25, -0.2) is 0 Å². The molecule has 0 nitrogen and oxygen atoms in total. The SMILES string of the molecule is c1ccc(C2CC(c3ccccc3)(C3CCC3)C2)cc1. The van der Waals surface area contributed by atoms with Crippen LogP contribution in [-0.4, -0.2) is 0 Å². The fourth-order valence-corrected chi connectivity index (χ4v) is 4.32. The van der Waals surface area contributed by atoms with Crippen molar-refractivity contribution in [3.8, 4) is 0 Å². The normalized spacial score (nSPS) is 29.5. The molecule has 0 bridgehead atoms. The number of benzene rings is 2. The van der Waals surface area contributed by atoms with Crippen LogP contribution in [0.4, 0.5) is 0 Å². The number of hydrogen-bond acceptors (Lipinski definition) is 0. The Morgan fingerprint density at radius 3 is 1.90 bits per heavy atom. The molecule has 2 aromatic rings. The largest absolute Gasteiger partial charge is 0.0622 e. The van der Waals surface area contributed by atoms with Crippen LogP contribution in [0.3, 0.4) is 0 Å². The van der Waals surface area contributed by atoms with Crippen molar-refractivity contribution in [1.29, 1.82) is 0 Å². The Morgan fingerprint density at radius 2 is 1.35 bits per heavy atom. The van der Waals surface area contributed by atoms with Gasteiger partial charge in [-0.05, 0) is 54.1 Å². The van der Waals surface area contributed by atoms with Crippen LogP contribution in [0.1, 0.15) is 49.1 Å². The van der Waals surface area contributed by atoms with Crippen molar-refractivity contribution in [2.24, 2.45) is 5.92 Å². The van der Waals surface area contributed by atoms with Crippen molar-refractivity contribution in [3.05, 3.63) is 71.8 Å². The van der Waals surface area contributed by atoms with E-state index >= 15 is 0 Å². The Hall–Kier alpha value is -1.56. The zero-order chi connectivity index (χ0) is 13.4. The summed E-state index contributed by atoms with van der Waals surface area (Å²) in [7, 11) is 0. The molecule has 2 fully saturated rings. The summed E-state index contributed by atoms with van der Waals surface area (Å²) in [4.78, 5) is 0. The summed E-state index contributed by atoms with van der Waals surface area (Å²) >= 11 is 0. The molecule has 0 unspecified atom stereocenters. The van der Waals surface area contributed by atoms with Gasteiger partial charge in [-0.3, -0.25) is 0 Å². The summed E-state index contributed by atoms with van der Waals surface area (Å²) in [5.74, 6) is 1.71. The molecule has 4 rings (SSSR count). The van der Waals surface area contributed by atoms with E-state index in [-0.39, 0.29) is 0 Å². The maximum atomic E-state index is 2.36. The third-order valence-corrected chi connectivity index (χ3v) is 5.73. The predicted octanol–water partition coefficient (Wildman–Crippen LogP) is 5.30. The molecule has 0 radical (unpaired) electrons. The van der Waals surface area contributed by atoms with E-state index in [1.807, 2.05) is 0 Å². The van der Waals surface area contributed by atoms with E-state index in [0.29, 0.717) is 5.41 Å². The van der Waals surface area contributed by atoms with E-state index < -0.39 is 0 Å². The summed E-state index contributed by atoms with van der Waals surface area (Å²) < 4.78 is 0. The lowest BCUT2D eigenvalue weighted by molar-refractivity contribution is 0.0618. The standard InChI is InChI=1S/C20H22/c1-3-8-16(9-4-1)17-14-20(15-17,19-12-7-13-19)18-10-5-2-6-11-18/h1-6,8-11,17,19H,7,12-15H2. The molecule has 0 spiro atoms. The molecule has 0 amide bonds. The molecule has 0 heterocycles. The lowest BCUT2D eigenvalue weighted by Crippen LogP contribution is -2.48. The van der Waals surface area contributed by atoms with Gasteiger partial charge in [-0.2, -0.15) is 0 Å². The molecular weight excluding hydrogens is 240 g/mol. The van der Waals surface area contributed by atoms with E-state index in [0.717, 1.165) is 11.8 Å². The third kappa shape index (κ3) is 1.82. The van der Waals surface area contributed by atoms with Crippen LogP contribution in [0.25, 0.3) is 0 Å². The molecule has 0 atom stereocenters. The van der Waals surface area contributed by atoms with Crippen molar-refractivity contribution in [2.75, 3.05) is 0 Å². The fourth-order valence-electron chi connectivity index (χ4n) is 4.32. The van der Waals surface area contributed by atoms with Gasteiger partial charge < -0.3 is 0 Å². The second-order valence-corrected chi connectivity index (χ2v) is 6.67. The maximum absolute atomic E-state index is 2.36. The second kappa shape index (κ2) is 4.77. The first-order chi connectivity index (χ1) is 9.88. The lowest BCUT2D eigenvalue weighted by Gasteiger charge is -2.56. The summed E-state index contributed by atoms with van der Waals surface area (Å²) in [6.45, 7) is 0. The molecule has 0 heteroatoms. The Labute approximate surface area is 121 Å².